The van der Waals surface area contributed by atoms with Crippen LogP contribution >= 0.6 is 0 Å². The largest absolute Gasteiger partial charge is 0.479 e. The van der Waals surface area contributed by atoms with Crippen molar-refractivity contribution in [3.05, 3.63) is 87.7 Å². The smallest absolute Gasteiger partial charge is 0.337 e. The quantitative estimate of drug-likeness (QED) is 0.423. The van der Waals surface area contributed by atoms with Crippen LogP contribution in [0.15, 0.2) is 53.4 Å². The van der Waals surface area contributed by atoms with Crippen LogP contribution in [0.3, 0.4) is 0 Å². The molecule has 1 atom stereocenters. The average molecular weight is 526 g/mol. The Morgan fingerprint density at radius 1 is 0.946 bits per heavy atom. The Kier molecular flexibility index (Phi) is 7.05. The van der Waals surface area contributed by atoms with Crippen molar-refractivity contribution in [2.75, 3.05) is 0 Å². The van der Waals surface area contributed by atoms with Gasteiger partial charge in [-0.05, 0) is 99.2 Å². The molecular weight excluding hydrogens is 493 g/mol. The number of rotatable bonds is 6. The lowest BCUT2D eigenvalue weighted by molar-refractivity contribution is -0.160. The van der Waals surface area contributed by atoms with E-state index in [2.05, 4.69) is 0 Å². The van der Waals surface area contributed by atoms with Crippen LogP contribution in [0.25, 0.3) is 11.1 Å². The number of aliphatic carboxylic acids is 1. The third kappa shape index (κ3) is 5.19. The van der Waals surface area contributed by atoms with Gasteiger partial charge in [0.2, 0.25) is 10.0 Å². The monoisotopic (exact) mass is 525 g/mol. The summed E-state index contributed by atoms with van der Waals surface area (Å²) >= 11 is 0. The summed E-state index contributed by atoms with van der Waals surface area (Å²) in [5.41, 5.74) is 5.60. The summed E-state index contributed by atoms with van der Waals surface area (Å²) in [6, 6.07) is 12.6. The van der Waals surface area contributed by atoms with Crippen molar-refractivity contribution in [2.45, 2.75) is 71.2 Å². The number of ether oxygens (including phenoxy) is 1. The van der Waals surface area contributed by atoms with E-state index in [0.29, 0.717) is 11.1 Å². The number of hydrogen-bond donors (Lipinski definition) is 1. The lowest BCUT2D eigenvalue weighted by Crippen LogP contribution is -2.28. The molecule has 0 bridgehead atoms. The maximum Gasteiger partial charge on any atom is 0.337 e. The van der Waals surface area contributed by atoms with Gasteiger partial charge in [0.15, 0.2) is 6.10 Å². The van der Waals surface area contributed by atoms with E-state index in [-0.39, 0.29) is 18.0 Å². The Morgan fingerprint density at radius 3 is 2.00 bits per heavy atom. The van der Waals surface area contributed by atoms with Crippen LogP contribution < -0.4 is 0 Å². The zero-order valence-corrected chi connectivity index (χ0v) is 22.7. The number of halogens is 1. The molecule has 6 nitrogen and oxygen atoms in total. The highest BCUT2D eigenvalue weighted by atomic mass is 32.2. The van der Waals surface area contributed by atoms with E-state index in [0.717, 1.165) is 45.5 Å². The molecule has 0 saturated carbocycles. The highest BCUT2D eigenvalue weighted by Crippen LogP contribution is 2.44. The Hall–Kier alpha value is -3.07. The van der Waals surface area contributed by atoms with Gasteiger partial charge in [0.05, 0.1) is 10.5 Å². The molecule has 1 N–H and O–H groups in total. The molecule has 1 aliphatic heterocycles. The van der Waals surface area contributed by atoms with E-state index in [1.165, 1.54) is 16.4 Å². The summed E-state index contributed by atoms with van der Waals surface area (Å²) < 4.78 is 47.7. The molecular formula is C29H32FNO5S. The third-order valence-corrected chi connectivity index (χ3v) is 8.54. The van der Waals surface area contributed by atoms with Gasteiger partial charge in [-0.25, -0.2) is 17.6 Å². The van der Waals surface area contributed by atoms with E-state index in [1.54, 1.807) is 20.8 Å². The highest BCUT2D eigenvalue weighted by Gasteiger charge is 2.38. The van der Waals surface area contributed by atoms with E-state index >= 15 is 0 Å². The molecule has 0 saturated heterocycles. The van der Waals surface area contributed by atoms with Crippen LogP contribution in [0.2, 0.25) is 0 Å². The van der Waals surface area contributed by atoms with Crippen LogP contribution in [-0.2, 0) is 32.6 Å². The molecule has 4 rings (SSSR count). The highest BCUT2D eigenvalue weighted by molar-refractivity contribution is 7.89. The van der Waals surface area contributed by atoms with Crippen molar-refractivity contribution in [1.29, 1.82) is 0 Å². The minimum atomic E-state index is -3.90. The number of sulfonamides is 1. The number of benzene rings is 3. The maximum absolute atomic E-state index is 13.4. The second kappa shape index (κ2) is 9.67. The van der Waals surface area contributed by atoms with Crippen molar-refractivity contribution in [3.8, 4) is 11.1 Å². The van der Waals surface area contributed by atoms with Gasteiger partial charge in [-0.1, -0.05) is 29.8 Å². The van der Waals surface area contributed by atoms with Crippen molar-refractivity contribution >= 4 is 16.0 Å². The second-order valence-corrected chi connectivity index (χ2v) is 12.5. The lowest BCUT2D eigenvalue weighted by atomic mass is 9.83. The number of aryl methyl sites for hydroxylation is 1. The minimum absolute atomic E-state index is 0.00970. The number of fused-ring (bicyclic) bond motifs is 1. The van der Waals surface area contributed by atoms with Gasteiger partial charge in [0.1, 0.15) is 5.82 Å². The molecule has 0 spiro atoms. The number of carboxylic acids is 1. The summed E-state index contributed by atoms with van der Waals surface area (Å²) in [6.45, 7) is 11.4. The number of hydrogen-bond acceptors (Lipinski definition) is 4. The van der Waals surface area contributed by atoms with Gasteiger partial charge in [0.25, 0.3) is 0 Å². The van der Waals surface area contributed by atoms with Crippen molar-refractivity contribution in [3.63, 3.8) is 0 Å². The molecule has 0 aromatic heterocycles. The maximum atomic E-state index is 13.4. The Balaban J connectivity index is 1.92. The lowest BCUT2D eigenvalue weighted by Gasteiger charge is -2.30. The second-order valence-electron chi connectivity index (χ2n) is 10.5. The summed E-state index contributed by atoms with van der Waals surface area (Å²) in [7, 11) is -3.90. The summed E-state index contributed by atoms with van der Waals surface area (Å²) in [5, 5.41) is 10.3. The van der Waals surface area contributed by atoms with Gasteiger partial charge in [-0.15, -0.1) is 0 Å². The first-order valence-corrected chi connectivity index (χ1v) is 13.5. The van der Waals surface area contributed by atoms with Crippen LogP contribution in [0.5, 0.6) is 0 Å². The van der Waals surface area contributed by atoms with Crippen molar-refractivity contribution in [2.24, 2.45) is 0 Å². The van der Waals surface area contributed by atoms with Crippen LogP contribution in [0.1, 0.15) is 60.3 Å². The first kappa shape index (κ1) is 27.0. The normalized spacial score (nSPS) is 15.0. The number of nitrogens with zero attached hydrogens (tertiary/aromatic N) is 1. The molecule has 196 valence electrons. The van der Waals surface area contributed by atoms with Crippen LogP contribution in [0.4, 0.5) is 4.39 Å². The molecule has 0 fully saturated rings. The molecule has 0 aliphatic carbocycles. The molecule has 8 heteroatoms. The van der Waals surface area contributed by atoms with E-state index in [9.17, 15) is 22.7 Å². The first-order valence-electron chi connectivity index (χ1n) is 12.1. The molecule has 0 amide bonds. The predicted octanol–water partition coefficient (Wildman–Crippen LogP) is 6.06. The van der Waals surface area contributed by atoms with E-state index in [1.807, 2.05) is 45.0 Å². The Morgan fingerprint density at radius 2 is 1.49 bits per heavy atom. The van der Waals surface area contributed by atoms with Gasteiger partial charge >= 0.3 is 5.97 Å². The Labute approximate surface area is 217 Å². The molecule has 3 aromatic rings. The SMILES string of the molecule is Cc1ccc(-c2c(C)c3c(c(C)c2[C@H](OC(C)(C)C)C(=O)O)CN(S(=O)(=O)c2ccc(F)cc2)C3)cc1. The fourth-order valence-electron chi connectivity index (χ4n) is 4.92. The standard InChI is InChI=1S/C29H32FNO5S/c1-17-7-9-20(10-8-17)25-18(2)23-15-31(37(34,35)22-13-11-21(30)12-14-22)16-24(23)19(3)26(25)27(28(32)33)36-29(4,5)6/h7-14,27H,15-16H2,1-6H3,(H,32,33)/t27-/m0/s1. The first-order chi connectivity index (χ1) is 17.2. The number of carbonyl (C=O) groups is 1. The average Bonchev–Trinajstić information content (AvgIpc) is 3.27. The Bertz CT molecular complexity index is 1460. The van der Waals surface area contributed by atoms with Gasteiger partial charge in [0, 0.05) is 18.7 Å². The van der Waals surface area contributed by atoms with Crippen molar-refractivity contribution < 1.29 is 27.4 Å². The van der Waals surface area contributed by atoms with Gasteiger partial charge in [-0.3, -0.25) is 0 Å². The van der Waals surface area contributed by atoms with Crippen LogP contribution in [0, 0.1) is 26.6 Å². The molecule has 3 aromatic carbocycles. The molecule has 0 unspecified atom stereocenters. The predicted molar refractivity (Wildman–Crippen MR) is 140 cm³/mol. The van der Waals surface area contributed by atoms with E-state index in [4.69, 9.17) is 4.74 Å². The topological polar surface area (TPSA) is 83.9 Å². The van der Waals surface area contributed by atoms with Gasteiger partial charge in [-0.2, -0.15) is 4.31 Å². The third-order valence-electron chi connectivity index (χ3n) is 6.74. The van der Waals surface area contributed by atoms with Crippen LogP contribution in [-0.4, -0.2) is 29.4 Å². The summed E-state index contributed by atoms with van der Waals surface area (Å²) in [5.74, 6) is -1.62. The summed E-state index contributed by atoms with van der Waals surface area (Å²) in [6.07, 6.45) is -1.25. The molecule has 1 heterocycles. The zero-order chi connectivity index (χ0) is 27.3. The molecule has 0 radical (unpaired) electrons. The fourth-order valence-corrected chi connectivity index (χ4v) is 6.30. The fraction of sp³-hybridized carbons (Fsp3) is 0.345. The van der Waals surface area contributed by atoms with Crippen molar-refractivity contribution in [1.82, 2.24) is 4.31 Å². The molecule has 1 aliphatic rings. The van der Waals surface area contributed by atoms with Gasteiger partial charge < -0.3 is 9.84 Å². The van der Waals surface area contributed by atoms with E-state index < -0.39 is 33.5 Å². The summed E-state index contributed by atoms with van der Waals surface area (Å²) in [4.78, 5) is 12.6. The number of carboxylic acid groups (broad SMARTS) is 1. The molecule has 37 heavy (non-hydrogen) atoms. The zero-order valence-electron chi connectivity index (χ0n) is 21.9. The minimum Gasteiger partial charge on any atom is -0.479 e.